The summed E-state index contributed by atoms with van der Waals surface area (Å²) in [5.74, 6) is -0.242. The van der Waals surface area contributed by atoms with Gasteiger partial charge in [-0.3, -0.25) is 9.59 Å². The van der Waals surface area contributed by atoms with Crippen molar-refractivity contribution in [3.63, 3.8) is 0 Å². The van der Waals surface area contributed by atoms with Gasteiger partial charge < -0.3 is 15.7 Å². The number of aliphatic hydroxyl groups is 1. The van der Waals surface area contributed by atoms with E-state index in [9.17, 15) is 9.59 Å². The summed E-state index contributed by atoms with van der Waals surface area (Å²) >= 11 is 3.29. The number of aliphatic hydroxyl groups excluding tert-OH is 1. The SMILES string of the molecule is CC(CO)CCCNC(=O)CNC(=O)c1cccc(Br)c1. The van der Waals surface area contributed by atoms with Crippen molar-refractivity contribution in [3.8, 4) is 0 Å². The first-order valence-electron chi connectivity index (χ1n) is 6.94. The van der Waals surface area contributed by atoms with Gasteiger partial charge in [-0.1, -0.05) is 28.9 Å². The lowest BCUT2D eigenvalue weighted by Gasteiger charge is -2.09. The largest absolute Gasteiger partial charge is 0.396 e. The van der Waals surface area contributed by atoms with Crippen LogP contribution in [0.4, 0.5) is 0 Å². The van der Waals surface area contributed by atoms with Gasteiger partial charge in [-0.15, -0.1) is 0 Å². The second-order valence-electron chi connectivity index (χ2n) is 4.97. The number of benzene rings is 1. The Kier molecular flexibility index (Phi) is 8.00. The monoisotopic (exact) mass is 356 g/mol. The van der Waals surface area contributed by atoms with E-state index in [0.29, 0.717) is 12.1 Å². The number of halogens is 1. The van der Waals surface area contributed by atoms with Crippen LogP contribution >= 0.6 is 15.9 Å². The Morgan fingerprint density at radius 3 is 2.76 bits per heavy atom. The first-order chi connectivity index (χ1) is 10.0. The van der Waals surface area contributed by atoms with Crippen molar-refractivity contribution in [1.29, 1.82) is 0 Å². The minimum absolute atomic E-state index is 0.0408. The molecule has 1 atom stereocenters. The molecule has 0 radical (unpaired) electrons. The molecule has 2 amide bonds. The summed E-state index contributed by atoms with van der Waals surface area (Å²) in [4.78, 5) is 23.4. The van der Waals surface area contributed by atoms with Gasteiger partial charge in [0, 0.05) is 23.2 Å². The fraction of sp³-hybridized carbons (Fsp3) is 0.467. The molecule has 0 saturated heterocycles. The van der Waals surface area contributed by atoms with Crippen LogP contribution in [0.15, 0.2) is 28.7 Å². The van der Waals surface area contributed by atoms with Gasteiger partial charge in [0.25, 0.3) is 5.91 Å². The summed E-state index contributed by atoms with van der Waals surface area (Å²) in [7, 11) is 0. The van der Waals surface area contributed by atoms with E-state index in [-0.39, 0.29) is 30.9 Å². The van der Waals surface area contributed by atoms with Gasteiger partial charge in [-0.05, 0) is 37.0 Å². The molecule has 0 spiro atoms. The fourth-order valence-corrected chi connectivity index (χ4v) is 2.12. The summed E-state index contributed by atoms with van der Waals surface area (Å²) in [6, 6.07) is 6.98. The van der Waals surface area contributed by atoms with E-state index >= 15 is 0 Å². The van der Waals surface area contributed by atoms with Crippen LogP contribution < -0.4 is 10.6 Å². The number of carbonyl (C=O) groups excluding carboxylic acids is 2. The standard InChI is InChI=1S/C15H21BrN2O3/c1-11(10-19)4-3-7-17-14(20)9-18-15(21)12-5-2-6-13(16)8-12/h2,5-6,8,11,19H,3-4,7,9-10H2,1H3,(H,17,20)(H,18,21). The lowest BCUT2D eigenvalue weighted by Crippen LogP contribution is -2.37. The normalized spacial score (nSPS) is 11.8. The van der Waals surface area contributed by atoms with E-state index in [0.717, 1.165) is 17.3 Å². The number of carbonyl (C=O) groups is 2. The summed E-state index contributed by atoms with van der Waals surface area (Å²) in [6.07, 6.45) is 1.67. The molecule has 0 aliphatic heterocycles. The number of hydrogen-bond donors (Lipinski definition) is 3. The molecule has 0 heterocycles. The van der Waals surface area contributed by atoms with Gasteiger partial charge in [0.1, 0.15) is 0 Å². The van der Waals surface area contributed by atoms with Gasteiger partial charge in [0.2, 0.25) is 5.91 Å². The summed E-state index contributed by atoms with van der Waals surface area (Å²) in [6.45, 7) is 2.63. The molecule has 1 unspecified atom stereocenters. The molecular weight excluding hydrogens is 336 g/mol. The summed E-state index contributed by atoms with van der Waals surface area (Å²) in [5.41, 5.74) is 0.508. The first kappa shape index (κ1) is 17.7. The maximum atomic E-state index is 11.8. The molecule has 0 aliphatic carbocycles. The molecule has 0 saturated carbocycles. The van der Waals surface area contributed by atoms with Crippen LogP contribution in [0.3, 0.4) is 0 Å². The van der Waals surface area contributed by atoms with Gasteiger partial charge >= 0.3 is 0 Å². The highest BCUT2D eigenvalue weighted by Gasteiger charge is 2.08. The van der Waals surface area contributed by atoms with Crippen LogP contribution in [0.5, 0.6) is 0 Å². The van der Waals surface area contributed by atoms with E-state index in [1.807, 2.05) is 13.0 Å². The molecular formula is C15H21BrN2O3. The molecule has 1 aromatic rings. The van der Waals surface area contributed by atoms with Crippen molar-refractivity contribution in [2.24, 2.45) is 5.92 Å². The fourth-order valence-electron chi connectivity index (χ4n) is 1.72. The van der Waals surface area contributed by atoms with Crippen molar-refractivity contribution in [2.45, 2.75) is 19.8 Å². The van der Waals surface area contributed by atoms with Crippen LogP contribution in [0.1, 0.15) is 30.1 Å². The Morgan fingerprint density at radius 1 is 1.33 bits per heavy atom. The molecule has 0 aromatic heterocycles. The smallest absolute Gasteiger partial charge is 0.251 e. The van der Waals surface area contributed by atoms with E-state index < -0.39 is 0 Å². The number of amides is 2. The maximum absolute atomic E-state index is 11.8. The maximum Gasteiger partial charge on any atom is 0.251 e. The molecule has 1 rings (SSSR count). The minimum Gasteiger partial charge on any atom is -0.396 e. The van der Waals surface area contributed by atoms with Crippen LogP contribution in [0.25, 0.3) is 0 Å². The Morgan fingerprint density at radius 2 is 2.10 bits per heavy atom. The van der Waals surface area contributed by atoms with Gasteiger partial charge in [-0.2, -0.15) is 0 Å². The van der Waals surface area contributed by atoms with Crippen LogP contribution in [-0.4, -0.2) is 36.6 Å². The summed E-state index contributed by atoms with van der Waals surface area (Å²) < 4.78 is 0.817. The van der Waals surface area contributed by atoms with E-state index in [4.69, 9.17) is 5.11 Å². The van der Waals surface area contributed by atoms with Crippen molar-refractivity contribution >= 4 is 27.7 Å². The van der Waals surface area contributed by atoms with Crippen molar-refractivity contribution in [3.05, 3.63) is 34.3 Å². The predicted molar refractivity (Wildman–Crippen MR) is 85.0 cm³/mol. The topological polar surface area (TPSA) is 78.4 Å². The van der Waals surface area contributed by atoms with E-state index in [1.54, 1.807) is 18.2 Å². The third-order valence-corrected chi connectivity index (χ3v) is 3.50. The zero-order valence-corrected chi connectivity index (χ0v) is 13.6. The van der Waals surface area contributed by atoms with E-state index in [2.05, 4.69) is 26.6 Å². The van der Waals surface area contributed by atoms with Crippen LogP contribution in [0.2, 0.25) is 0 Å². The Balaban J connectivity index is 2.22. The molecule has 0 aliphatic rings. The van der Waals surface area contributed by atoms with Crippen molar-refractivity contribution in [1.82, 2.24) is 10.6 Å². The number of nitrogens with one attached hydrogen (secondary N) is 2. The highest BCUT2D eigenvalue weighted by Crippen LogP contribution is 2.11. The summed E-state index contributed by atoms with van der Waals surface area (Å²) in [5, 5.41) is 14.2. The molecule has 21 heavy (non-hydrogen) atoms. The van der Waals surface area contributed by atoms with Crippen molar-refractivity contribution in [2.75, 3.05) is 19.7 Å². The average molecular weight is 357 g/mol. The molecule has 0 bridgehead atoms. The molecule has 6 heteroatoms. The zero-order chi connectivity index (χ0) is 15.7. The lowest BCUT2D eigenvalue weighted by atomic mass is 10.1. The second kappa shape index (κ2) is 9.52. The highest BCUT2D eigenvalue weighted by atomic mass is 79.9. The number of hydrogen-bond acceptors (Lipinski definition) is 3. The minimum atomic E-state index is -0.277. The van der Waals surface area contributed by atoms with Crippen molar-refractivity contribution < 1.29 is 14.7 Å². The van der Waals surface area contributed by atoms with Gasteiger partial charge in [0.15, 0.2) is 0 Å². The first-order valence-corrected chi connectivity index (χ1v) is 7.73. The molecule has 1 aromatic carbocycles. The second-order valence-corrected chi connectivity index (χ2v) is 5.89. The predicted octanol–water partition coefficient (Wildman–Crippen LogP) is 1.70. The highest BCUT2D eigenvalue weighted by molar-refractivity contribution is 9.10. The van der Waals surface area contributed by atoms with Crippen LogP contribution in [0, 0.1) is 5.92 Å². The molecule has 0 fully saturated rings. The lowest BCUT2D eigenvalue weighted by molar-refractivity contribution is -0.120. The quantitative estimate of drug-likeness (QED) is 0.620. The molecule has 3 N–H and O–H groups in total. The third kappa shape index (κ3) is 7.24. The molecule has 116 valence electrons. The molecule has 5 nitrogen and oxygen atoms in total. The Hall–Kier alpha value is -1.40. The van der Waals surface area contributed by atoms with E-state index in [1.165, 1.54) is 0 Å². The number of rotatable bonds is 8. The third-order valence-electron chi connectivity index (χ3n) is 3.00. The Bertz CT molecular complexity index is 480. The van der Waals surface area contributed by atoms with Gasteiger partial charge in [0.05, 0.1) is 6.54 Å². The van der Waals surface area contributed by atoms with Gasteiger partial charge in [-0.25, -0.2) is 0 Å². The average Bonchev–Trinajstić information content (AvgIpc) is 2.48. The Labute approximate surface area is 133 Å². The zero-order valence-electron chi connectivity index (χ0n) is 12.1. The van der Waals surface area contributed by atoms with Crippen LogP contribution in [-0.2, 0) is 4.79 Å².